The molecule has 0 radical (unpaired) electrons. The average Bonchev–Trinajstić information content (AvgIpc) is 2.34. The molecular formula is C15H23NO. The first-order valence-corrected chi connectivity index (χ1v) is 6.72. The third-order valence-electron chi connectivity index (χ3n) is 3.42. The summed E-state index contributed by atoms with van der Waals surface area (Å²) in [6, 6.07) is 6.53. The molecule has 1 aromatic carbocycles. The minimum atomic E-state index is 0.749. The number of rotatable bonds is 4. The fourth-order valence-electron chi connectivity index (χ4n) is 2.57. The topological polar surface area (TPSA) is 21.3 Å². The molecule has 1 saturated heterocycles. The number of aryl methyl sites for hydroxylation is 1. The van der Waals surface area contributed by atoms with Gasteiger partial charge in [0.15, 0.2) is 0 Å². The van der Waals surface area contributed by atoms with Crippen LogP contribution in [0, 0.1) is 12.8 Å². The second-order valence-electron chi connectivity index (χ2n) is 4.96. The van der Waals surface area contributed by atoms with Crippen molar-refractivity contribution < 1.29 is 4.74 Å². The van der Waals surface area contributed by atoms with E-state index in [0.717, 1.165) is 31.2 Å². The standard InChI is InChI=1S/C15H23NO/c1-3-17-15-7-6-12(2)9-14(15)10-13-5-4-8-16-11-13/h6-7,9,13,16H,3-5,8,10-11H2,1-2H3. The highest BCUT2D eigenvalue weighted by molar-refractivity contribution is 5.37. The summed E-state index contributed by atoms with van der Waals surface area (Å²) >= 11 is 0. The van der Waals surface area contributed by atoms with E-state index in [-0.39, 0.29) is 0 Å². The summed E-state index contributed by atoms with van der Waals surface area (Å²) in [6.45, 7) is 7.28. The van der Waals surface area contributed by atoms with Crippen LogP contribution in [-0.2, 0) is 6.42 Å². The van der Waals surface area contributed by atoms with E-state index >= 15 is 0 Å². The van der Waals surface area contributed by atoms with Crippen LogP contribution >= 0.6 is 0 Å². The monoisotopic (exact) mass is 233 g/mol. The third kappa shape index (κ3) is 3.47. The van der Waals surface area contributed by atoms with Crippen molar-refractivity contribution in [3.8, 4) is 5.75 Å². The highest BCUT2D eigenvalue weighted by Crippen LogP contribution is 2.25. The van der Waals surface area contributed by atoms with Gasteiger partial charge in [0.25, 0.3) is 0 Å². The molecule has 2 rings (SSSR count). The molecule has 1 N–H and O–H groups in total. The molecule has 1 aliphatic heterocycles. The number of hydrogen-bond donors (Lipinski definition) is 1. The van der Waals surface area contributed by atoms with Crippen molar-refractivity contribution in [2.75, 3.05) is 19.7 Å². The van der Waals surface area contributed by atoms with E-state index in [1.54, 1.807) is 0 Å². The minimum Gasteiger partial charge on any atom is -0.494 e. The van der Waals surface area contributed by atoms with E-state index in [0.29, 0.717) is 0 Å². The second-order valence-corrected chi connectivity index (χ2v) is 4.96. The van der Waals surface area contributed by atoms with Crippen molar-refractivity contribution in [3.05, 3.63) is 29.3 Å². The van der Waals surface area contributed by atoms with Gasteiger partial charge in [-0.05, 0) is 63.7 Å². The summed E-state index contributed by atoms with van der Waals surface area (Å²) < 4.78 is 5.71. The molecule has 17 heavy (non-hydrogen) atoms. The molecule has 1 aliphatic rings. The van der Waals surface area contributed by atoms with Crippen molar-refractivity contribution in [1.82, 2.24) is 5.32 Å². The van der Waals surface area contributed by atoms with E-state index in [9.17, 15) is 0 Å². The van der Waals surface area contributed by atoms with Crippen LogP contribution in [0.15, 0.2) is 18.2 Å². The maximum Gasteiger partial charge on any atom is 0.122 e. The molecule has 0 spiro atoms. The highest BCUT2D eigenvalue weighted by Gasteiger charge is 2.15. The van der Waals surface area contributed by atoms with Crippen LogP contribution in [0.4, 0.5) is 0 Å². The quantitative estimate of drug-likeness (QED) is 0.863. The molecule has 1 aromatic rings. The predicted molar refractivity (Wildman–Crippen MR) is 71.6 cm³/mol. The maximum atomic E-state index is 5.71. The van der Waals surface area contributed by atoms with Gasteiger partial charge in [-0.3, -0.25) is 0 Å². The molecule has 0 amide bonds. The molecular weight excluding hydrogens is 210 g/mol. The van der Waals surface area contributed by atoms with Crippen LogP contribution in [0.25, 0.3) is 0 Å². The van der Waals surface area contributed by atoms with Crippen LogP contribution in [-0.4, -0.2) is 19.7 Å². The SMILES string of the molecule is CCOc1ccc(C)cc1CC1CCCNC1. The molecule has 0 aliphatic carbocycles. The van der Waals surface area contributed by atoms with E-state index in [1.807, 2.05) is 6.92 Å². The number of benzene rings is 1. The zero-order chi connectivity index (χ0) is 12.1. The Hall–Kier alpha value is -1.02. The average molecular weight is 233 g/mol. The zero-order valence-electron chi connectivity index (χ0n) is 11.0. The summed E-state index contributed by atoms with van der Waals surface area (Å²) in [5.41, 5.74) is 2.70. The van der Waals surface area contributed by atoms with Crippen LogP contribution in [0.3, 0.4) is 0 Å². The van der Waals surface area contributed by atoms with E-state index in [1.165, 1.54) is 30.5 Å². The fourth-order valence-corrected chi connectivity index (χ4v) is 2.57. The Bertz CT molecular complexity index is 356. The Morgan fingerprint density at radius 1 is 1.41 bits per heavy atom. The Labute approximate surface area is 104 Å². The lowest BCUT2D eigenvalue weighted by Crippen LogP contribution is -2.30. The first-order chi connectivity index (χ1) is 8.29. The highest BCUT2D eigenvalue weighted by atomic mass is 16.5. The van der Waals surface area contributed by atoms with Gasteiger partial charge in [0.05, 0.1) is 6.61 Å². The Balaban J connectivity index is 2.08. The third-order valence-corrected chi connectivity index (χ3v) is 3.42. The van der Waals surface area contributed by atoms with Gasteiger partial charge in [-0.15, -0.1) is 0 Å². The zero-order valence-corrected chi connectivity index (χ0v) is 11.0. The van der Waals surface area contributed by atoms with Crippen LogP contribution < -0.4 is 10.1 Å². The van der Waals surface area contributed by atoms with Gasteiger partial charge in [-0.1, -0.05) is 17.7 Å². The van der Waals surface area contributed by atoms with Gasteiger partial charge in [0, 0.05) is 0 Å². The molecule has 1 unspecified atom stereocenters. The van der Waals surface area contributed by atoms with E-state index in [4.69, 9.17) is 4.74 Å². The van der Waals surface area contributed by atoms with Crippen molar-refractivity contribution in [2.24, 2.45) is 5.92 Å². The molecule has 1 heterocycles. The number of piperidine rings is 1. The van der Waals surface area contributed by atoms with Gasteiger partial charge in [-0.2, -0.15) is 0 Å². The fraction of sp³-hybridized carbons (Fsp3) is 0.600. The normalized spacial score (nSPS) is 20.2. The lowest BCUT2D eigenvalue weighted by molar-refractivity contribution is 0.327. The summed E-state index contributed by atoms with van der Waals surface area (Å²) in [6.07, 6.45) is 3.79. The smallest absolute Gasteiger partial charge is 0.122 e. The largest absolute Gasteiger partial charge is 0.494 e. The van der Waals surface area contributed by atoms with Gasteiger partial charge >= 0.3 is 0 Å². The van der Waals surface area contributed by atoms with Gasteiger partial charge in [0.2, 0.25) is 0 Å². The van der Waals surface area contributed by atoms with Crippen LogP contribution in [0.2, 0.25) is 0 Å². The second kappa shape index (κ2) is 6.06. The predicted octanol–water partition coefficient (Wildman–Crippen LogP) is 2.94. The Morgan fingerprint density at radius 3 is 3.00 bits per heavy atom. The van der Waals surface area contributed by atoms with Crippen molar-refractivity contribution in [1.29, 1.82) is 0 Å². The summed E-state index contributed by atoms with van der Waals surface area (Å²) in [5.74, 6) is 1.84. The van der Waals surface area contributed by atoms with Crippen molar-refractivity contribution in [2.45, 2.75) is 33.1 Å². The molecule has 2 nitrogen and oxygen atoms in total. The number of nitrogens with one attached hydrogen (secondary N) is 1. The number of hydrogen-bond acceptors (Lipinski definition) is 2. The lowest BCUT2D eigenvalue weighted by Gasteiger charge is -2.23. The van der Waals surface area contributed by atoms with E-state index < -0.39 is 0 Å². The summed E-state index contributed by atoms with van der Waals surface area (Å²) in [5, 5.41) is 3.48. The van der Waals surface area contributed by atoms with Crippen LogP contribution in [0.5, 0.6) is 5.75 Å². The van der Waals surface area contributed by atoms with Gasteiger partial charge < -0.3 is 10.1 Å². The summed E-state index contributed by atoms with van der Waals surface area (Å²) in [4.78, 5) is 0. The maximum absolute atomic E-state index is 5.71. The number of ether oxygens (including phenoxy) is 1. The summed E-state index contributed by atoms with van der Waals surface area (Å²) in [7, 11) is 0. The van der Waals surface area contributed by atoms with Crippen LogP contribution in [0.1, 0.15) is 30.9 Å². The lowest BCUT2D eigenvalue weighted by atomic mass is 9.91. The molecule has 0 saturated carbocycles. The van der Waals surface area contributed by atoms with E-state index in [2.05, 4.69) is 30.4 Å². The van der Waals surface area contributed by atoms with Crippen molar-refractivity contribution >= 4 is 0 Å². The van der Waals surface area contributed by atoms with Gasteiger partial charge in [0.1, 0.15) is 5.75 Å². The molecule has 2 heteroatoms. The molecule has 1 fully saturated rings. The van der Waals surface area contributed by atoms with Gasteiger partial charge in [-0.25, -0.2) is 0 Å². The first kappa shape index (κ1) is 12.4. The molecule has 0 bridgehead atoms. The molecule has 94 valence electrons. The first-order valence-electron chi connectivity index (χ1n) is 6.72. The Morgan fingerprint density at radius 2 is 2.29 bits per heavy atom. The molecule has 0 aromatic heterocycles. The minimum absolute atomic E-state index is 0.749. The Kier molecular flexibility index (Phi) is 4.43. The molecule has 1 atom stereocenters. The van der Waals surface area contributed by atoms with Crippen molar-refractivity contribution in [3.63, 3.8) is 0 Å².